The highest BCUT2D eigenvalue weighted by Gasteiger charge is 2.46. The van der Waals surface area contributed by atoms with Gasteiger partial charge in [0.1, 0.15) is 11.3 Å². The van der Waals surface area contributed by atoms with Gasteiger partial charge in [0.2, 0.25) is 11.6 Å². The molecule has 0 bridgehead atoms. The standard InChI is InChI=1S/C24H33BrN6OSi/c1-33(2,3)13-12-32-16-31-22-21(28-19(25)15-27-22)29-23(31)30-10-8-24(9-11-30)14-17-6-4-5-7-18(17)20(24)26/h4-7,15,20H,8-14,16,26H2,1-3H3/t20-/m1/s1. The lowest BCUT2D eigenvalue weighted by molar-refractivity contribution is 0.0896. The number of benzene rings is 1. The molecule has 0 saturated carbocycles. The molecule has 5 rings (SSSR count). The molecule has 2 N–H and O–H groups in total. The zero-order chi connectivity index (χ0) is 23.2. The fourth-order valence-electron chi connectivity index (χ4n) is 5.22. The van der Waals surface area contributed by atoms with E-state index in [0.717, 1.165) is 56.6 Å². The largest absolute Gasteiger partial charge is 0.361 e. The van der Waals surface area contributed by atoms with Gasteiger partial charge in [0.15, 0.2) is 5.65 Å². The first-order valence-electron chi connectivity index (χ1n) is 11.8. The minimum atomic E-state index is -1.14. The second kappa shape index (κ2) is 8.76. The Balaban J connectivity index is 1.35. The number of ether oxygens (including phenoxy) is 1. The predicted molar refractivity (Wildman–Crippen MR) is 138 cm³/mol. The second-order valence-corrected chi connectivity index (χ2v) is 17.2. The first-order chi connectivity index (χ1) is 15.8. The SMILES string of the molecule is C[Si](C)(C)CCOCn1c(N2CCC3(CC2)Cc2ccccc2[C@H]3N)nc2nc(Br)cnc21. The summed E-state index contributed by atoms with van der Waals surface area (Å²) in [5.74, 6) is 0.898. The Labute approximate surface area is 204 Å². The molecular formula is C24H33BrN6OSi. The second-order valence-electron chi connectivity index (χ2n) is 10.7. The minimum absolute atomic E-state index is 0.110. The Morgan fingerprint density at radius 1 is 1.18 bits per heavy atom. The normalized spacial score (nSPS) is 20.0. The van der Waals surface area contributed by atoms with Gasteiger partial charge in [-0.25, -0.2) is 9.97 Å². The van der Waals surface area contributed by atoms with E-state index in [1.54, 1.807) is 6.20 Å². The van der Waals surface area contributed by atoms with Crippen molar-refractivity contribution in [2.75, 3.05) is 24.6 Å². The van der Waals surface area contributed by atoms with E-state index in [9.17, 15) is 0 Å². The molecule has 2 aliphatic rings. The van der Waals surface area contributed by atoms with Crippen molar-refractivity contribution in [1.29, 1.82) is 0 Å². The highest BCUT2D eigenvalue weighted by Crippen LogP contribution is 2.51. The number of anilines is 1. The Morgan fingerprint density at radius 3 is 2.67 bits per heavy atom. The molecule has 0 unspecified atom stereocenters. The maximum Gasteiger partial charge on any atom is 0.211 e. The van der Waals surface area contributed by atoms with Crippen LogP contribution >= 0.6 is 15.9 Å². The fraction of sp³-hybridized carbons (Fsp3) is 0.542. The number of nitrogens with two attached hydrogens (primary N) is 1. The summed E-state index contributed by atoms with van der Waals surface area (Å²) in [6.45, 7) is 10.1. The van der Waals surface area contributed by atoms with Gasteiger partial charge in [-0.05, 0) is 57.8 Å². The van der Waals surface area contributed by atoms with Crippen LogP contribution in [0.5, 0.6) is 0 Å². The van der Waals surface area contributed by atoms with Crippen molar-refractivity contribution in [3.8, 4) is 0 Å². The molecule has 3 heterocycles. The van der Waals surface area contributed by atoms with Crippen LogP contribution in [0.3, 0.4) is 0 Å². The van der Waals surface area contributed by atoms with Crippen LogP contribution < -0.4 is 10.6 Å². The van der Waals surface area contributed by atoms with Crippen molar-refractivity contribution < 1.29 is 4.74 Å². The lowest BCUT2D eigenvalue weighted by Gasteiger charge is -2.42. The highest BCUT2D eigenvalue weighted by molar-refractivity contribution is 9.10. The van der Waals surface area contributed by atoms with E-state index in [4.69, 9.17) is 15.5 Å². The zero-order valence-corrected chi connectivity index (χ0v) is 22.3. The summed E-state index contributed by atoms with van der Waals surface area (Å²) in [6.07, 6.45) is 4.90. The molecule has 1 aromatic carbocycles. The van der Waals surface area contributed by atoms with Crippen LogP contribution in [-0.2, 0) is 17.9 Å². The van der Waals surface area contributed by atoms with E-state index in [1.165, 1.54) is 11.1 Å². The van der Waals surface area contributed by atoms with Gasteiger partial charge in [0.25, 0.3) is 0 Å². The molecule has 2 aromatic heterocycles. The number of nitrogens with zero attached hydrogens (tertiary/aromatic N) is 5. The molecule has 0 amide bonds. The number of fused-ring (bicyclic) bond motifs is 2. The number of hydrogen-bond donors (Lipinski definition) is 1. The number of rotatable bonds is 6. The molecular weight excluding hydrogens is 496 g/mol. The number of imidazole rings is 1. The van der Waals surface area contributed by atoms with E-state index in [1.807, 2.05) is 0 Å². The topological polar surface area (TPSA) is 82.1 Å². The predicted octanol–water partition coefficient (Wildman–Crippen LogP) is 4.74. The molecule has 33 heavy (non-hydrogen) atoms. The lowest BCUT2D eigenvalue weighted by Crippen LogP contribution is -2.45. The first-order valence-corrected chi connectivity index (χ1v) is 16.3. The maximum absolute atomic E-state index is 6.78. The zero-order valence-electron chi connectivity index (χ0n) is 19.7. The number of aromatic nitrogens is 4. The summed E-state index contributed by atoms with van der Waals surface area (Å²) in [5.41, 5.74) is 11.1. The smallest absolute Gasteiger partial charge is 0.211 e. The van der Waals surface area contributed by atoms with Crippen LogP contribution in [-0.4, -0.2) is 47.3 Å². The van der Waals surface area contributed by atoms with Crippen LogP contribution in [0.2, 0.25) is 25.7 Å². The average Bonchev–Trinajstić information content (AvgIpc) is 3.26. The number of hydrogen-bond acceptors (Lipinski definition) is 6. The Hall–Kier alpha value is -1.81. The van der Waals surface area contributed by atoms with Crippen molar-refractivity contribution in [3.05, 3.63) is 46.2 Å². The molecule has 1 saturated heterocycles. The Morgan fingerprint density at radius 2 is 1.94 bits per heavy atom. The van der Waals surface area contributed by atoms with E-state index in [0.29, 0.717) is 17.0 Å². The maximum atomic E-state index is 6.78. The molecule has 3 aromatic rings. The van der Waals surface area contributed by atoms with Gasteiger partial charge in [-0.2, -0.15) is 4.98 Å². The molecule has 1 spiro atoms. The monoisotopic (exact) mass is 528 g/mol. The average molecular weight is 530 g/mol. The lowest BCUT2D eigenvalue weighted by atomic mass is 9.73. The van der Waals surface area contributed by atoms with E-state index >= 15 is 0 Å². The van der Waals surface area contributed by atoms with Gasteiger partial charge in [-0.1, -0.05) is 43.9 Å². The van der Waals surface area contributed by atoms with Gasteiger partial charge in [-0.15, -0.1) is 0 Å². The van der Waals surface area contributed by atoms with Crippen LogP contribution in [0.1, 0.15) is 30.0 Å². The summed E-state index contributed by atoms with van der Waals surface area (Å²) in [5, 5.41) is 0. The molecule has 176 valence electrons. The summed E-state index contributed by atoms with van der Waals surface area (Å²) in [6, 6.07) is 9.92. The van der Waals surface area contributed by atoms with Gasteiger partial charge >= 0.3 is 0 Å². The number of piperidine rings is 1. The number of halogens is 1. The molecule has 1 atom stereocenters. The van der Waals surface area contributed by atoms with E-state index in [-0.39, 0.29) is 11.5 Å². The summed E-state index contributed by atoms with van der Waals surface area (Å²) >= 11 is 3.43. The third kappa shape index (κ3) is 4.48. The summed E-state index contributed by atoms with van der Waals surface area (Å²) in [7, 11) is -1.14. The Bertz CT molecular complexity index is 1150. The van der Waals surface area contributed by atoms with Crippen LogP contribution in [0.25, 0.3) is 11.3 Å². The minimum Gasteiger partial charge on any atom is -0.361 e. The first kappa shape index (κ1) is 23.0. The van der Waals surface area contributed by atoms with Crippen molar-refractivity contribution in [2.24, 2.45) is 11.1 Å². The van der Waals surface area contributed by atoms with Gasteiger partial charge < -0.3 is 15.4 Å². The molecule has 9 heteroatoms. The summed E-state index contributed by atoms with van der Waals surface area (Å²) < 4.78 is 8.88. The van der Waals surface area contributed by atoms with E-state index in [2.05, 4.69) is 79.3 Å². The van der Waals surface area contributed by atoms with Crippen molar-refractivity contribution in [3.63, 3.8) is 0 Å². The van der Waals surface area contributed by atoms with Crippen LogP contribution in [0.4, 0.5) is 5.95 Å². The molecule has 1 aliphatic heterocycles. The van der Waals surface area contributed by atoms with Crippen molar-refractivity contribution in [2.45, 2.75) is 57.7 Å². The van der Waals surface area contributed by atoms with Crippen molar-refractivity contribution in [1.82, 2.24) is 19.5 Å². The quantitative estimate of drug-likeness (QED) is 0.367. The molecule has 1 fully saturated rings. The molecule has 7 nitrogen and oxygen atoms in total. The third-order valence-electron chi connectivity index (χ3n) is 7.26. The summed E-state index contributed by atoms with van der Waals surface area (Å²) in [4.78, 5) is 16.4. The van der Waals surface area contributed by atoms with Gasteiger partial charge in [-0.3, -0.25) is 4.57 Å². The van der Waals surface area contributed by atoms with Gasteiger partial charge in [0.05, 0.1) is 6.20 Å². The van der Waals surface area contributed by atoms with E-state index < -0.39 is 8.07 Å². The highest BCUT2D eigenvalue weighted by atomic mass is 79.9. The molecule has 0 radical (unpaired) electrons. The van der Waals surface area contributed by atoms with Crippen LogP contribution in [0, 0.1) is 5.41 Å². The van der Waals surface area contributed by atoms with Crippen LogP contribution in [0.15, 0.2) is 35.1 Å². The Kier molecular flexibility index (Phi) is 6.09. The molecule has 1 aliphatic carbocycles. The third-order valence-corrected chi connectivity index (χ3v) is 9.35. The fourth-order valence-corrected chi connectivity index (χ4v) is 6.25. The van der Waals surface area contributed by atoms with Gasteiger partial charge in [0, 0.05) is 33.8 Å². The van der Waals surface area contributed by atoms with Crippen molar-refractivity contribution >= 4 is 41.2 Å².